The number of hydrogen-bond acceptors (Lipinski definition) is 3. The van der Waals surface area contributed by atoms with Crippen LogP contribution in [0, 0.1) is 5.82 Å². The zero-order chi connectivity index (χ0) is 14.4. The van der Waals surface area contributed by atoms with Crippen molar-refractivity contribution >= 4 is 11.3 Å². The number of thiophene rings is 1. The molecule has 1 aromatic carbocycles. The van der Waals surface area contributed by atoms with E-state index in [9.17, 15) is 4.39 Å². The van der Waals surface area contributed by atoms with E-state index in [0.29, 0.717) is 11.3 Å². The molecule has 0 fully saturated rings. The Labute approximate surface area is 123 Å². The first-order chi connectivity index (χ1) is 9.76. The van der Waals surface area contributed by atoms with Crippen LogP contribution >= 0.6 is 11.3 Å². The maximum Gasteiger partial charge on any atom is 0.169 e. The van der Waals surface area contributed by atoms with Crippen molar-refractivity contribution in [2.45, 2.75) is 25.3 Å². The van der Waals surface area contributed by atoms with E-state index < -0.39 is 0 Å². The van der Waals surface area contributed by atoms with Crippen LogP contribution in [0.15, 0.2) is 35.7 Å². The highest BCUT2D eigenvalue weighted by molar-refractivity contribution is 7.09. The minimum Gasteiger partial charge on any atom is -0.494 e. The molecule has 4 heteroatoms. The Bertz CT molecular complexity index is 527. The minimum atomic E-state index is -0.259. The van der Waals surface area contributed by atoms with Crippen LogP contribution in [0.5, 0.6) is 5.75 Å². The Morgan fingerprint density at radius 3 is 2.80 bits per heavy atom. The molecule has 1 atom stereocenters. The Hall–Kier alpha value is -1.39. The number of methoxy groups -OCH3 is 1. The number of ether oxygens (including phenoxy) is 1. The van der Waals surface area contributed by atoms with E-state index in [1.807, 2.05) is 19.2 Å². The summed E-state index contributed by atoms with van der Waals surface area (Å²) in [4.78, 5) is 1.38. The van der Waals surface area contributed by atoms with Crippen molar-refractivity contribution in [1.82, 2.24) is 5.32 Å². The molecule has 0 bridgehead atoms. The number of aryl methyl sites for hydroxylation is 1. The van der Waals surface area contributed by atoms with E-state index in [4.69, 9.17) is 4.74 Å². The lowest BCUT2D eigenvalue weighted by Crippen LogP contribution is -2.18. The fourth-order valence-corrected chi connectivity index (χ4v) is 3.10. The molecule has 20 heavy (non-hydrogen) atoms. The highest BCUT2D eigenvalue weighted by Crippen LogP contribution is 2.28. The van der Waals surface area contributed by atoms with Gasteiger partial charge in [0.05, 0.1) is 7.11 Å². The molecule has 0 saturated heterocycles. The zero-order valence-electron chi connectivity index (χ0n) is 11.9. The van der Waals surface area contributed by atoms with E-state index in [-0.39, 0.29) is 11.9 Å². The number of rotatable bonds is 7. The largest absolute Gasteiger partial charge is 0.494 e. The number of hydrogen-bond donors (Lipinski definition) is 1. The molecule has 0 aliphatic rings. The third-order valence-electron chi connectivity index (χ3n) is 3.43. The predicted octanol–water partition coefficient (Wildman–Crippen LogP) is 4.18. The number of halogens is 1. The fourth-order valence-electron chi connectivity index (χ4n) is 2.35. The molecule has 0 aliphatic carbocycles. The summed E-state index contributed by atoms with van der Waals surface area (Å²) >= 11 is 1.77. The van der Waals surface area contributed by atoms with Gasteiger partial charge in [-0.2, -0.15) is 0 Å². The minimum absolute atomic E-state index is 0.0186. The molecule has 2 rings (SSSR count). The molecular formula is C16H20FNOS. The molecule has 2 nitrogen and oxygen atoms in total. The molecule has 1 N–H and O–H groups in total. The molecule has 108 valence electrons. The Morgan fingerprint density at radius 1 is 1.30 bits per heavy atom. The van der Waals surface area contributed by atoms with Crippen molar-refractivity contribution in [2.24, 2.45) is 0 Å². The third-order valence-corrected chi connectivity index (χ3v) is 4.37. The van der Waals surface area contributed by atoms with Gasteiger partial charge in [-0.1, -0.05) is 18.2 Å². The van der Waals surface area contributed by atoms with Crippen LogP contribution in [0.3, 0.4) is 0 Å². The summed E-state index contributed by atoms with van der Waals surface area (Å²) in [5.74, 6) is 0.0477. The number of benzene rings is 1. The first-order valence-corrected chi connectivity index (χ1v) is 7.66. The summed E-state index contributed by atoms with van der Waals surface area (Å²) in [6, 6.07) is 9.54. The predicted molar refractivity (Wildman–Crippen MR) is 82.0 cm³/mol. The lowest BCUT2D eigenvalue weighted by Gasteiger charge is -2.18. The molecule has 0 spiro atoms. The van der Waals surface area contributed by atoms with Gasteiger partial charge in [-0.15, -0.1) is 11.3 Å². The van der Waals surface area contributed by atoms with E-state index in [1.165, 1.54) is 12.0 Å². The highest BCUT2D eigenvalue weighted by atomic mass is 32.1. The van der Waals surface area contributed by atoms with Crippen LogP contribution in [-0.2, 0) is 6.42 Å². The maximum atomic E-state index is 14.2. The molecule has 1 heterocycles. The van der Waals surface area contributed by atoms with Gasteiger partial charge in [0.25, 0.3) is 0 Å². The second-order valence-electron chi connectivity index (χ2n) is 4.68. The van der Waals surface area contributed by atoms with Crippen LogP contribution in [0.4, 0.5) is 4.39 Å². The van der Waals surface area contributed by atoms with Gasteiger partial charge in [0.15, 0.2) is 11.6 Å². The molecule has 0 saturated carbocycles. The average Bonchev–Trinajstić information content (AvgIpc) is 2.98. The molecule has 1 aromatic heterocycles. The summed E-state index contributed by atoms with van der Waals surface area (Å²) in [6.07, 6.45) is 2.97. The monoisotopic (exact) mass is 293 g/mol. The first-order valence-electron chi connectivity index (χ1n) is 6.78. The Balaban J connectivity index is 2.00. The molecule has 2 aromatic rings. The molecular weight excluding hydrogens is 273 g/mol. The van der Waals surface area contributed by atoms with Gasteiger partial charge >= 0.3 is 0 Å². The van der Waals surface area contributed by atoms with Crippen LogP contribution in [0.1, 0.15) is 29.3 Å². The third kappa shape index (κ3) is 3.58. The van der Waals surface area contributed by atoms with Crippen LogP contribution in [-0.4, -0.2) is 14.2 Å². The smallest absolute Gasteiger partial charge is 0.169 e. The van der Waals surface area contributed by atoms with Crippen LogP contribution < -0.4 is 10.1 Å². The molecule has 0 radical (unpaired) electrons. The van der Waals surface area contributed by atoms with Gasteiger partial charge in [0.2, 0.25) is 0 Å². The van der Waals surface area contributed by atoms with Crippen molar-refractivity contribution in [3.8, 4) is 5.75 Å². The first kappa shape index (κ1) is 15.0. The standard InChI is InChI=1S/C16H20FNOS/c1-18-14(9-3-6-12-7-5-11-20-12)13-8-4-10-15(19-2)16(13)17/h4-5,7-8,10-11,14,18H,3,6,9H2,1-2H3. The van der Waals surface area contributed by atoms with E-state index >= 15 is 0 Å². The average molecular weight is 293 g/mol. The Morgan fingerprint density at radius 2 is 2.15 bits per heavy atom. The molecule has 1 unspecified atom stereocenters. The lowest BCUT2D eigenvalue weighted by molar-refractivity contribution is 0.378. The summed E-state index contributed by atoms with van der Waals surface area (Å²) in [7, 11) is 3.36. The molecule has 0 aliphatic heterocycles. The van der Waals surface area contributed by atoms with Gasteiger partial charge in [-0.3, -0.25) is 0 Å². The van der Waals surface area contributed by atoms with Gasteiger partial charge in [0.1, 0.15) is 0 Å². The summed E-state index contributed by atoms with van der Waals surface area (Å²) in [5, 5.41) is 5.29. The lowest BCUT2D eigenvalue weighted by atomic mass is 10.00. The molecule has 0 amide bonds. The SMILES string of the molecule is CNC(CCCc1cccs1)c1cccc(OC)c1F. The van der Waals surface area contributed by atoms with E-state index in [2.05, 4.69) is 22.8 Å². The van der Waals surface area contributed by atoms with Crippen molar-refractivity contribution in [2.75, 3.05) is 14.2 Å². The summed E-state index contributed by atoms with van der Waals surface area (Å²) in [5.41, 5.74) is 0.679. The maximum absolute atomic E-state index is 14.2. The van der Waals surface area contributed by atoms with Crippen molar-refractivity contribution in [3.63, 3.8) is 0 Å². The van der Waals surface area contributed by atoms with Crippen molar-refractivity contribution < 1.29 is 9.13 Å². The second-order valence-corrected chi connectivity index (χ2v) is 5.71. The van der Waals surface area contributed by atoms with Crippen LogP contribution in [0.25, 0.3) is 0 Å². The number of nitrogens with one attached hydrogen (secondary N) is 1. The highest BCUT2D eigenvalue weighted by Gasteiger charge is 2.16. The summed E-state index contributed by atoms with van der Waals surface area (Å²) in [6.45, 7) is 0. The van der Waals surface area contributed by atoms with Gasteiger partial charge in [0, 0.05) is 16.5 Å². The Kier molecular flexibility index (Phi) is 5.56. The van der Waals surface area contributed by atoms with E-state index in [1.54, 1.807) is 17.4 Å². The zero-order valence-corrected chi connectivity index (χ0v) is 12.7. The quantitative estimate of drug-likeness (QED) is 0.827. The summed E-state index contributed by atoms with van der Waals surface area (Å²) < 4.78 is 19.3. The fraction of sp³-hybridized carbons (Fsp3) is 0.375. The van der Waals surface area contributed by atoms with Gasteiger partial charge in [-0.25, -0.2) is 4.39 Å². The van der Waals surface area contributed by atoms with Gasteiger partial charge in [-0.05, 0) is 43.8 Å². The van der Waals surface area contributed by atoms with E-state index in [0.717, 1.165) is 19.3 Å². The van der Waals surface area contributed by atoms with Crippen molar-refractivity contribution in [3.05, 3.63) is 52.0 Å². The van der Waals surface area contributed by atoms with Crippen LogP contribution in [0.2, 0.25) is 0 Å². The second kappa shape index (κ2) is 7.41. The topological polar surface area (TPSA) is 21.3 Å². The van der Waals surface area contributed by atoms with Gasteiger partial charge < -0.3 is 10.1 Å². The van der Waals surface area contributed by atoms with Crippen molar-refractivity contribution in [1.29, 1.82) is 0 Å². The normalized spacial score (nSPS) is 12.3.